The molecule has 114 valence electrons. The van der Waals surface area contributed by atoms with Crippen LogP contribution in [0.4, 0.5) is 16.2 Å². The lowest BCUT2D eigenvalue weighted by Gasteiger charge is -2.13. The van der Waals surface area contributed by atoms with Gasteiger partial charge in [0.2, 0.25) is 0 Å². The highest BCUT2D eigenvalue weighted by Crippen LogP contribution is 2.27. The molecule has 0 fully saturated rings. The van der Waals surface area contributed by atoms with Gasteiger partial charge in [0.05, 0.1) is 5.69 Å². The third-order valence-corrected chi connectivity index (χ3v) is 4.00. The smallest absolute Gasteiger partial charge is 0.307 e. The van der Waals surface area contributed by atoms with E-state index in [2.05, 4.69) is 10.6 Å². The van der Waals surface area contributed by atoms with Crippen LogP contribution < -0.4 is 10.6 Å². The van der Waals surface area contributed by atoms with E-state index in [9.17, 15) is 9.59 Å². The lowest BCUT2D eigenvalue weighted by atomic mass is 10.1. The Morgan fingerprint density at radius 1 is 1.14 bits per heavy atom. The highest BCUT2D eigenvalue weighted by molar-refractivity contribution is 7.98. The zero-order valence-corrected chi connectivity index (χ0v) is 13.4. The Hall–Kier alpha value is -2.27. The van der Waals surface area contributed by atoms with Crippen LogP contribution in [-0.4, -0.2) is 18.6 Å². The fraction of sp³-hybridized carbons (Fsp3) is 0.176. The number of amides is 2. The van der Waals surface area contributed by atoms with Gasteiger partial charge in [0.25, 0.3) is 0 Å². The van der Waals surface area contributed by atoms with Crippen molar-refractivity contribution < 1.29 is 9.59 Å². The molecule has 0 radical (unpaired) electrons. The number of urea groups is 1. The minimum Gasteiger partial charge on any atom is -0.307 e. The molecule has 0 unspecified atom stereocenters. The Balaban J connectivity index is 2.11. The van der Waals surface area contributed by atoms with E-state index in [-0.39, 0.29) is 6.03 Å². The van der Waals surface area contributed by atoms with Crippen LogP contribution in [0.2, 0.25) is 0 Å². The number of rotatable bonds is 5. The zero-order chi connectivity index (χ0) is 15.9. The molecular formula is C17H18N2O2S. The second-order valence-electron chi connectivity index (χ2n) is 4.80. The Morgan fingerprint density at radius 3 is 2.55 bits per heavy atom. The molecule has 4 nitrogen and oxygen atoms in total. The predicted molar refractivity (Wildman–Crippen MR) is 91.8 cm³/mol. The van der Waals surface area contributed by atoms with Crippen molar-refractivity contribution in [3.05, 3.63) is 53.6 Å². The van der Waals surface area contributed by atoms with Gasteiger partial charge in [0.1, 0.15) is 6.29 Å². The summed E-state index contributed by atoms with van der Waals surface area (Å²) in [6.45, 7) is 1.94. The van der Waals surface area contributed by atoms with Crippen LogP contribution in [0, 0.1) is 6.92 Å². The van der Waals surface area contributed by atoms with Gasteiger partial charge in [-0.3, -0.25) is 0 Å². The molecule has 2 N–H and O–H groups in total. The maximum absolute atomic E-state index is 12.1. The average Bonchev–Trinajstić information content (AvgIpc) is 2.51. The van der Waals surface area contributed by atoms with E-state index >= 15 is 0 Å². The van der Waals surface area contributed by atoms with Crippen molar-refractivity contribution in [1.29, 1.82) is 0 Å². The SMILES string of the molecule is CSc1cc(CC=O)ccc1NC(=O)Nc1ccccc1C. The Kier molecular flexibility index (Phi) is 5.61. The van der Waals surface area contributed by atoms with E-state index in [1.165, 1.54) is 11.8 Å². The number of hydrogen-bond acceptors (Lipinski definition) is 3. The van der Waals surface area contributed by atoms with Crippen LogP contribution in [0.25, 0.3) is 0 Å². The molecule has 0 saturated carbocycles. The third kappa shape index (κ3) is 4.11. The molecule has 0 aliphatic rings. The van der Waals surface area contributed by atoms with Crippen LogP contribution in [0.15, 0.2) is 47.4 Å². The molecule has 0 bridgehead atoms. The number of aryl methyl sites for hydroxylation is 1. The van der Waals surface area contributed by atoms with Gasteiger partial charge in [-0.2, -0.15) is 0 Å². The zero-order valence-electron chi connectivity index (χ0n) is 12.6. The van der Waals surface area contributed by atoms with Crippen LogP contribution in [0.3, 0.4) is 0 Å². The highest BCUT2D eigenvalue weighted by Gasteiger charge is 2.08. The average molecular weight is 314 g/mol. The molecule has 0 aliphatic heterocycles. The topological polar surface area (TPSA) is 58.2 Å². The molecular weight excluding hydrogens is 296 g/mol. The number of carbonyl (C=O) groups excluding carboxylic acids is 2. The van der Waals surface area contributed by atoms with Crippen molar-refractivity contribution in [3.63, 3.8) is 0 Å². The molecule has 5 heteroatoms. The van der Waals surface area contributed by atoms with E-state index < -0.39 is 0 Å². The summed E-state index contributed by atoms with van der Waals surface area (Å²) >= 11 is 1.53. The van der Waals surface area contributed by atoms with Gasteiger partial charge >= 0.3 is 6.03 Å². The van der Waals surface area contributed by atoms with E-state index in [4.69, 9.17) is 0 Å². The largest absolute Gasteiger partial charge is 0.323 e. The first-order valence-corrected chi connectivity index (χ1v) is 8.10. The first-order valence-electron chi connectivity index (χ1n) is 6.88. The molecule has 2 aromatic carbocycles. The molecule has 2 aromatic rings. The molecule has 0 aromatic heterocycles. The second kappa shape index (κ2) is 7.66. The van der Waals surface area contributed by atoms with Crippen molar-refractivity contribution >= 4 is 35.5 Å². The maximum atomic E-state index is 12.1. The lowest BCUT2D eigenvalue weighted by molar-refractivity contribution is -0.107. The second-order valence-corrected chi connectivity index (χ2v) is 5.65. The first kappa shape index (κ1) is 16.1. The fourth-order valence-corrected chi connectivity index (χ4v) is 2.66. The minimum atomic E-state index is -0.285. The summed E-state index contributed by atoms with van der Waals surface area (Å²) in [5, 5.41) is 5.68. The number of benzene rings is 2. The molecule has 0 heterocycles. The standard InChI is InChI=1S/C17H18N2O2S/c1-12-5-3-4-6-14(12)18-17(21)19-15-8-7-13(9-10-20)11-16(15)22-2/h3-8,10-11H,9H2,1-2H3,(H2,18,19,21). The summed E-state index contributed by atoms with van der Waals surface area (Å²) in [6, 6.07) is 12.9. The van der Waals surface area contributed by atoms with E-state index in [0.717, 1.165) is 33.7 Å². The lowest BCUT2D eigenvalue weighted by Crippen LogP contribution is -2.20. The van der Waals surface area contributed by atoms with E-state index in [0.29, 0.717) is 6.42 Å². The number of anilines is 2. The van der Waals surface area contributed by atoms with Crippen molar-refractivity contribution in [1.82, 2.24) is 0 Å². The van der Waals surface area contributed by atoms with E-state index in [1.807, 2.05) is 55.6 Å². The summed E-state index contributed by atoms with van der Waals surface area (Å²) in [5.41, 5.74) is 3.45. The van der Waals surface area contributed by atoms with Crippen LogP contribution >= 0.6 is 11.8 Å². The van der Waals surface area contributed by atoms with Crippen LogP contribution in [0.5, 0.6) is 0 Å². The van der Waals surface area contributed by atoms with Gasteiger partial charge in [-0.05, 0) is 42.5 Å². The number of thioether (sulfide) groups is 1. The Labute approximate surface area is 134 Å². The maximum Gasteiger partial charge on any atom is 0.323 e. The summed E-state index contributed by atoms with van der Waals surface area (Å²) in [5.74, 6) is 0. The number of para-hydroxylation sites is 1. The number of hydrogen-bond donors (Lipinski definition) is 2. The monoisotopic (exact) mass is 314 g/mol. The molecule has 0 atom stereocenters. The predicted octanol–water partition coefficient (Wildman–Crippen LogP) is 4.10. The Bertz CT molecular complexity index is 686. The van der Waals surface area contributed by atoms with Crippen molar-refractivity contribution in [2.75, 3.05) is 16.9 Å². The number of nitrogens with one attached hydrogen (secondary N) is 2. The summed E-state index contributed by atoms with van der Waals surface area (Å²) in [7, 11) is 0. The molecule has 2 amide bonds. The summed E-state index contributed by atoms with van der Waals surface area (Å²) in [4.78, 5) is 23.6. The Morgan fingerprint density at radius 2 is 1.86 bits per heavy atom. The van der Waals surface area contributed by atoms with Gasteiger partial charge in [0, 0.05) is 17.0 Å². The number of carbonyl (C=O) groups is 2. The van der Waals surface area contributed by atoms with E-state index in [1.54, 1.807) is 0 Å². The highest BCUT2D eigenvalue weighted by atomic mass is 32.2. The van der Waals surface area contributed by atoms with Crippen molar-refractivity contribution in [2.45, 2.75) is 18.2 Å². The number of aldehydes is 1. The van der Waals surface area contributed by atoms with Gasteiger partial charge < -0.3 is 15.4 Å². The molecule has 0 aliphatic carbocycles. The first-order chi connectivity index (χ1) is 10.6. The fourth-order valence-electron chi connectivity index (χ4n) is 2.05. The summed E-state index contributed by atoms with van der Waals surface area (Å²) < 4.78 is 0. The van der Waals surface area contributed by atoms with Crippen molar-refractivity contribution in [2.24, 2.45) is 0 Å². The molecule has 0 spiro atoms. The van der Waals surface area contributed by atoms with Crippen LogP contribution in [-0.2, 0) is 11.2 Å². The quantitative estimate of drug-likeness (QED) is 0.645. The summed E-state index contributed by atoms with van der Waals surface area (Å²) in [6.07, 6.45) is 3.19. The van der Waals surface area contributed by atoms with Gasteiger partial charge in [-0.1, -0.05) is 24.3 Å². The van der Waals surface area contributed by atoms with Crippen LogP contribution in [0.1, 0.15) is 11.1 Å². The van der Waals surface area contributed by atoms with Gasteiger partial charge in [-0.15, -0.1) is 11.8 Å². The molecule has 2 rings (SSSR count). The van der Waals surface area contributed by atoms with Gasteiger partial charge in [0.15, 0.2) is 0 Å². The molecule has 22 heavy (non-hydrogen) atoms. The normalized spacial score (nSPS) is 10.1. The van der Waals surface area contributed by atoms with Gasteiger partial charge in [-0.25, -0.2) is 4.79 Å². The van der Waals surface area contributed by atoms with Crippen molar-refractivity contribution in [3.8, 4) is 0 Å². The molecule has 0 saturated heterocycles. The third-order valence-electron chi connectivity index (χ3n) is 3.23. The minimum absolute atomic E-state index is 0.285.